The second-order valence-electron chi connectivity index (χ2n) is 7.70. The number of ether oxygens (including phenoxy) is 1. The summed E-state index contributed by atoms with van der Waals surface area (Å²) >= 11 is 1.23. The van der Waals surface area contributed by atoms with Crippen molar-refractivity contribution in [1.82, 2.24) is 14.5 Å². The molecule has 0 aliphatic heterocycles. The lowest BCUT2D eigenvalue weighted by Gasteiger charge is -2.24. The van der Waals surface area contributed by atoms with E-state index in [9.17, 15) is 14.4 Å². The molecule has 1 N–H and O–H groups in total. The zero-order valence-electron chi connectivity index (χ0n) is 15.4. The van der Waals surface area contributed by atoms with E-state index in [4.69, 9.17) is 9.15 Å². The fourth-order valence-electron chi connectivity index (χ4n) is 3.15. The molecule has 0 atom stereocenters. The summed E-state index contributed by atoms with van der Waals surface area (Å²) in [5.74, 6) is -0.170. The van der Waals surface area contributed by atoms with Gasteiger partial charge in [-0.1, -0.05) is 0 Å². The minimum Gasteiger partial charge on any atom is -0.458 e. The molecule has 0 bridgehead atoms. The Bertz CT molecular complexity index is 1160. The van der Waals surface area contributed by atoms with Crippen LogP contribution in [0, 0.1) is 6.92 Å². The minimum atomic E-state index is -1.23. The maximum atomic E-state index is 13.2. The second kappa shape index (κ2) is 5.66. The number of H-pyrrole nitrogens is 1. The first-order valence-electron chi connectivity index (χ1n) is 8.56. The zero-order valence-corrected chi connectivity index (χ0v) is 16.2. The number of hydrogen-bond donors (Lipinski definition) is 1. The van der Waals surface area contributed by atoms with E-state index in [0.717, 1.165) is 4.57 Å². The first-order chi connectivity index (χ1) is 12.6. The van der Waals surface area contributed by atoms with Crippen molar-refractivity contribution in [3.05, 3.63) is 38.9 Å². The summed E-state index contributed by atoms with van der Waals surface area (Å²) in [6.45, 7) is 7.03. The monoisotopic (exact) mass is 389 g/mol. The summed E-state index contributed by atoms with van der Waals surface area (Å²) in [4.78, 5) is 46.5. The average molecular weight is 389 g/mol. The number of nitrogens with one attached hydrogen (secondary N) is 1. The lowest BCUT2D eigenvalue weighted by Crippen LogP contribution is -2.47. The molecule has 0 radical (unpaired) electrons. The Morgan fingerprint density at radius 3 is 2.63 bits per heavy atom. The van der Waals surface area contributed by atoms with Gasteiger partial charge in [-0.3, -0.25) is 9.78 Å². The van der Waals surface area contributed by atoms with Gasteiger partial charge >= 0.3 is 11.7 Å². The van der Waals surface area contributed by atoms with Crippen LogP contribution in [-0.2, 0) is 15.1 Å². The Labute approximate surface area is 157 Å². The van der Waals surface area contributed by atoms with E-state index in [1.165, 1.54) is 23.8 Å². The third-order valence-corrected chi connectivity index (χ3v) is 5.74. The van der Waals surface area contributed by atoms with Gasteiger partial charge in [0, 0.05) is 0 Å². The Hall–Kier alpha value is -2.68. The highest BCUT2D eigenvalue weighted by Crippen LogP contribution is 2.44. The maximum absolute atomic E-state index is 13.2. The number of nitrogens with zero attached hydrogens (tertiary/aromatic N) is 2. The minimum absolute atomic E-state index is 0.364. The first kappa shape index (κ1) is 17.7. The van der Waals surface area contributed by atoms with Gasteiger partial charge in [-0.05, 0) is 46.1 Å². The number of carbonyl (C=O) groups is 1. The van der Waals surface area contributed by atoms with E-state index in [0.29, 0.717) is 39.4 Å². The molecule has 3 aromatic rings. The third kappa shape index (κ3) is 2.73. The molecule has 3 heterocycles. The molecular formula is C18H19N3O5S. The fraction of sp³-hybridized carbons (Fsp3) is 0.444. The van der Waals surface area contributed by atoms with Crippen LogP contribution in [0.3, 0.4) is 0 Å². The number of fused-ring (bicyclic) bond motifs is 1. The number of aromatic nitrogens is 3. The van der Waals surface area contributed by atoms with Crippen LogP contribution in [0.5, 0.6) is 0 Å². The van der Waals surface area contributed by atoms with Gasteiger partial charge in [0.15, 0.2) is 5.54 Å². The molecule has 9 heteroatoms. The molecule has 1 saturated carbocycles. The van der Waals surface area contributed by atoms with Crippen molar-refractivity contribution in [3.63, 3.8) is 0 Å². The number of aryl methyl sites for hydroxylation is 1. The summed E-state index contributed by atoms with van der Waals surface area (Å²) < 4.78 is 11.8. The van der Waals surface area contributed by atoms with Crippen molar-refractivity contribution in [2.75, 3.05) is 0 Å². The van der Waals surface area contributed by atoms with Gasteiger partial charge in [0.1, 0.15) is 16.7 Å². The number of hydrogen-bond acceptors (Lipinski definition) is 7. The number of rotatable bonds is 3. The normalized spacial score (nSPS) is 15.9. The van der Waals surface area contributed by atoms with Crippen molar-refractivity contribution in [3.8, 4) is 10.8 Å². The first-order valence-corrected chi connectivity index (χ1v) is 9.38. The molecular weight excluding hydrogens is 370 g/mol. The highest BCUT2D eigenvalue weighted by atomic mass is 32.1. The smallest absolute Gasteiger partial charge is 0.333 e. The molecule has 1 aliphatic carbocycles. The molecule has 0 aromatic carbocycles. The van der Waals surface area contributed by atoms with E-state index < -0.39 is 28.4 Å². The Balaban J connectivity index is 1.91. The number of carbonyl (C=O) groups excluding carboxylic acids is 1. The standard InChI is InChI=1S/C18H19N3O5S/c1-9-10-13(27-11(9)12-19-7-8-25-12)20-16(24)21(14(10)22)18(5-6-18)15(23)26-17(2,3)4/h7-8H,5-6H2,1-4H3,(H,20,24). The topological polar surface area (TPSA) is 107 Å². The zero-order chi connectivity index (χ0) is 19.6. The predicted octanol–water partition coefficient (Wildman–Crippen LogP) is 2.55. The summed E-state index contributed by atoms with van der Waals surface area (Å²) in [7, 11) is 0. The molecule has 1 aliphatic rings. The Morgan fingerprint density at radius 2 is 2.07 bits per heavy atom. The predicted molar refractivity (Wildman–Crippen MR) is 100.0 cm³/mol. The van der Waals surface area contributed by atoms with Crippen molar-refractivity contribution < 1.29 is 13.9 Å². The summed E-state index contributed by atoms with van der Waals surface area (Å²) in [6.07, 6.45) is 3.75. The van der Waals surface area contributed by atoms with Gasteiger partial charge in [-0.25, -0.2) is 19.1 Å². The number of oxazole rings is 1. The molecule has 8 nitrogen and oxygen atoms in total. The molecule has 3 aromatic heterocycles. The van der Waals surface area contributed by atoms with Crippen LogP contribution in [0.25, 0.3) is 21.0 Å². The van der Waals surface area contributed by atoms with E-state index in [2.05, 4.69) is 9.97 Å². The average Bonchev–Trinajstić information content (AvgIpc) is 3.02. The highest BCUT2D eigenvalue weighted by molar-refractivity contribution is 7.22. The third-order valence-electron chi connectivity index (χ3n) is 4.54. The molecule has 142 valence electrons. The van der Waals surface area contributed by atoms with Crippen LogP contribution in [-0.4, -0.2) is 26.1 Å². The SMILES string of the molecule is Cc1c(-c2ncco2)sc2[nH]c(=O)n(C3(C(=O)OC(C)(C)C)CC3)c(=O)c12. The van der Waals surface area contributed by atoms with Crippen molar-refractivity contribution in [1.29, 1.82) is 0 Å². The number of aromatic amines is 1. The number of esters is 1. The highest BCUT2D eigenvalue weighted by Gasteiger charge is 2.56. The van der Waals surface area contributed by atoms with E-state index in [1.807, 2.05) is 0 Å². The van der Waals surface area contributed by atoms with Gasteiger partial charge < -0.3 is 9.15 Å². The maximum Gasteiger partial charge on any atom is 0.333 e. The largest absolute Gasteiger partial charge is 0.458 e. The molecule has 4 rings (SSSR count). The second-order valence-corrected chi connectivity index (χ2v) is 8.72. The van der Waals surface area contributed by atoms with Gasteiger partial charge in [0.2, 0.25) is 5.89 Å². The molecule has 27 heavy (non-hydrogen) atoms. The summed E-state index contributed by atoms with van der Waals surface area (Å²) in [5.41, 5.74) is -2.39. The van der Waals surface area contributed by atoms with Crippen LogP contribution in [0.4, 0.5) is 0 Å². The van der Waals surface area contributed by atoms with Crippen LogP contribution < -0.4 is 11.2 Å². The van der Waals surface area contributed by atoms with Gasteiger partial charge in [-0.15, -0.1) is 11.3 Å². The summed E-state index contributed by atoms with van der Waals surface area (Å²) in [5, 5.41) is 0.364. The molecule has 0 saturated heterocycles. The molecule has 0 unspecified atom stereocenters. The van der Waals surface area contributed by atoms with Gasteiger partial charge in [0.05, 0.1) is 16.5 Å². The van der Waals surface area contributed by atoms with Gasteiger partial charge in [-0.2, -0.15) is 0 Å². The Kier molecular flexibility index (Phi) is 3.71. The van der Waals surface area contributed by atoms with Crippen LogP contribution in [0.1, 0.15) is 39.2 Å². The van der Waals surface area contributed by atoms with Crippen molar-refractivity contribution in [2.45, 2.75) is 51.7 Å². The van der Waals surface area contributed by atoms with Crippen molar-refractivity contribution >= 4 is 27.5 Å². The quantitative estimate of drug-likeness (QED) is 0.690. The number of thiophene rings is 1. The Morgan fingerprint density at radius 1 is 1.37 bits per heavy atom. The van der Waals surface area contributed by atoms with E-state index in [1.54, 1.807) is 27.7 Å². The van der Waals surface area contributed by atoms with Crippen LogP contribution in [0.2, 0.25) is 0 Å². The lowest BCUT2D eigenvalue weighted by atomic mass is 10.1. The van der Waals surface area contributed by atoms with Gasteiger partial charge in [0.25, 0.3) is 5.56 Å². The lowest BCUT2D eigenvalue weighted by molar-refractivity contribution is -0.161. The fourth-order valence-corrected chi connectivity index (χ4v) is 4.28. The van der Waals surface area contributed by atoms with Crippen LogP contribution in [0.15, 0.2) is 26.5 Å². The van der Waals surface area contributed by atoms with Crippen molar-refractivity contribution in [2.24, 2.45) is 0 Å². The molecule has 0 amide bonds. The molecule has 1 fully saturated rings. The van der Waals surface area contributed by atoms with E-state index >= 15 is 0 Å². The van der Waals surface area contributed by atoms with Crippen LogP contribution >= 0.6 is 11.3 Å². The van der Waals surface area contributed by atoms with E-state index in [-0.39, 0.29) is 0 Å². The molecule has 0 spiro atoms. The summed E-state index contributed by atoms with van der Waals surface area (Å²) in [6, 6.07) is 0.